The maximum absolute atomic E-state index is 14.6. The quantitative estimate of drug-likeness (QED) is 0.0336. The number of aliphatic hydroxyl groups is 2. The number of Topliss-reactive ketones (excluding diaryl/α,β-unsaturated/α-hetero) is 3. The number of fused-ring (bicyclic) bond motifs is 3. The molecule has 3 aliphatic heterocycles. The van der Waals surface area contributed by atoms with E-state index >= 15 is 0 Å². The van der Waals surface area contributed by atoms with E-state index < -0.39 is 137 Å². The lowest BCUT2D eigenvalue weighted by Crippen LogP contribution is -2.61. The Kier molecular flexibility index (Phi) is 31.1. The highest BCUT2D eigenvalue weighted by atomic mass is 31.2. The normalized spacial score (nSPS) is 31.5. The van der Waals surface area contributed by atoms with Crippen LogP contribution in [0.2, 0.25) is 0 Å². The van der Waals surface area contributed by atoms with E-state index in [0.717, 1.165) is 22.6 Å². The molecule has 1 aliphatic carbocycles. The van der Waals surface area contributed by atoms with Gasteiger partial charge in [0.1, 0.15) is 60.8 Å². The number of cyclic esters (lactones) is 1. The van der Waals surface area contributed by atoms with Crippen molar-refractivity contribution in [1.82, 2.24) is 4.90 Å². The third-order valence-electron chi connectivity index (χ3n) is 18.5. The van der Waals surface area contributed by atoms with Crippen molar-refractivity contribution in [3.05, 3.63) is 96.1 Å². The molecule has 0 spiro atoms. The van der Waals surface area contributed by atoms with Crippen LogP contribution in [-0.4, -0.2) is 185 Å². The second-order valence-electron chi connectivity index (χ2n) is 27.4. The van der Waals surface area contributed by atoms with E-state index in [0.29, 0.717) is 68.7 Å². The number of benzene rings is 2. The van der Waals surface area contributed by atoms with Crippen molar-refractivity contribution in [1.29, 1.82) is 0 Å². The van der Waals surface area contributed by atoms with Gasteiger partial charge in [-0.15, -0.1) is 0 Å². The van der Waals surface area contributed by atoms with Gasteiger partial charge in [-0.3, -0.25) is 28.3 Å². The zero-order chi connectivity index (χ0) is 72.5. The van der Waals surface area contributed by atoms with Gasteiger partial charge in [0.05, 0.1) is 31.4 Å². The molecule has 28 heteroatoms. The number of aromatic hydroxyl groups is 1. The molecule has 3 fully saturated rings. The Bertz CT molecular complexity index is 3360. The molecular formula is C69H103NO23P4. The van der Waals surface area contributed by atoms with Crippen molar-refractivity contribution in [2.24, 2.45) is 35.5 Å². The number of hydrogen-bond donors (Lipinski definition) is 6. The number of ketones is 3. The Balaban J connectivity index is 0.000000996. The van der Waals surface area contributed by atoms with Crippen molar-refractivity contribution in [3.63, 3.8) is 0 Å². The maximum Gasteiger partial charge on any atom is 0.514 e. The van der Waals surface area contributed by atoms with Crippen LogP contribution in [-0.2, 0) is 70.7 Å². The van der Waals surface area contributed by atoms with Gasteiger partial charge in [-0.05, 0) is 175 Å². The van der Waals surface area contributed by atoms with Crippen LogP contribution in [0.1, 0.15) is 126 Å². The summed E-state index contributed by atoms with van der Waals surface area (Å²) < 4.78 is 88.6. The number of allylic oxidation sites excluding steroid dienone is 6. The molecule has 4 aliphatic rings. The molecule has 2 aromatic carbocycles. The zero-order valence-corrected chi connectivity index (χ0v) is 61.7. The van der Waals surface area contributed by atoms with Crippen molar-refractivity contribution < 1.29 is 110 Å². The summed E-state index contributed by atoms with van der Waals surface area (Å²) in [5.74, 6) is -9.98. The van der Waals surface area contributed by atoms with E-state index in [1.165, 1.54) is 38.5 Å². The monoisotopic (exact) mass is 1440 g/mol. The first kappa shape index (κ1) is 82.6. The number of rotatable bonds is 14. The van der Waals surface area contributed by atoms with Crippen LogP contribution in [0.5, 0.6) is 11.5 Å². The van der Waals surface area contributed by atoms with Gasteiger partial charge in [0.2, 0.25) is 13.2 Å². The molecule has 0 aromatic heterocycles. The van der Waals surface area contributed by atoms with E-state index in [9.17, 15) is 71.9 Å². The SMILES string of the molecule is CO[C@H]1C[C@@H]2CC[C@@H](C)[C@@](O)(O2)C(=O)C(=O)N2CCCC[C@H]2C(=O)O[C@H]([C@H](C)C[C@@H]2CC[C@@H](OC(=O)Oc3ccc(P(=O)(O)CP(=O)(O)O)cc3)[C@H](OC)C2)CC(=O)[C@H](C)/C=C(\C)[C@@H](O)[C@@H](OC)C(=O)[C@H](C)C[C@H](C)/C=C/C=CC=C1C.CP(C)(=O)CP(C)(=O)c1ccc(O)cc1. The van der Waals surface area contributed by atoms with Crippen molar-refractivity contribution in [3.8, 4) is 11.5 Å². The minimum absolute atomic E-state index is 0.0141. The highest BCUT2D eigenvalue weighted by Crippen LogP contribution is 2.55. The molecule has 2 saturated heterocycles. The number of methoxy groups -OCH3 is 3. The number of phenols is 1. The van der Waals surface area contributed by atoms with Crippen molar-refractivity contribution in [2.75, 3.05) is 59.7 Å². The summed E-state index contributed by atoms with van der Waals surface area (Å²) in [6, 6.07) is 9.64. The molecule has 3 heterocycles. The molecule has 24 nitrogen and oxygen atoms in total. The number of phenolic OH excluding ortho intramolecular Hbond substituents is 1. The van der Waals surface area contributed by atoms with Gasteiger partial charge in [0.25, 0.3) is 11.7 Å². The molecule has 6 N–H and O–H groups in total. The summed E-state index contributed by atoms with van der Waals surface area (Å²) in [6.07, 6.45) is 7.66. The predicted octanol–water partition coefficient (Wildman–Crippen LogP) is 10.0. The molecule has 542 valence electrons. The molecule has 2 unspecified atom stereocenters. The summed E-state index contributed by atoms with van der Waals surface area (Å²) in [4.78, 5) is 114. The molecule has 2 aromatic rings. The second kappa shape index (κ2) is 36.5. The molecule has 2 bridgehead atoms. The number of carbonyl (C=O) groups excluding carboxylic acids is 6. The van der Waals surface area contributed by atoms with Gasteiger partial charge >= 0.3 is 19.7 Å². The van der Waals surface area contributed by atoms with Crippen LogP contribution in [0, 0.1) is 35.5 Å². The standard InChI is InChI=1S/C59H87NO20P2.C10H16O3P2/c1-35-16-12-11-13-17-36(2)49(74-8)32-44-21-19-41(7)59(68,80-44)55(64)56(65)60-27-15-14-18-46(60)57(66)78-50(33-47(61)37(3)29-40(6)53(63)54(76-10)52(62)39(5)28-35)38(4)30-42-20-26-48(51(31-42)75-9)79-58(67)77-43-22-24-45(25-23-43)81(69,70)34-82(71,72)73;1-14(2,12)8-15(3,13)10-6-4-9(11)5-7-10/h11-13,16-17,22-25,29,35,37-39,41-42,44,46,48-51,53-54,63,68H,14-15,18-21,26-28,30-34H2,1-10H3,(H,69,70)(H2,71,72,73);4-7,11H,8H2,1-3H3/b13-11?,16-12+,36-17?,40-29+;/t35-,37-,38-,39-,41-,42+,44+,46+,48-,49+,50+,51-,53-,54+,59-;/m1./s1. The average molecular weight is 1440 g/mol. The first-order valence-corrected chi connectivity index (χ1v) is 41.7. The number of nitrogens with zero attached hydrogens (tertiary/aromatic N) is 1. The average Bonchev–Trinajstić information content (AvgIpc) is 0.775. The minimum atomic E-state index is -4.82. The summed E-state index contributed by atoms with van der Waals surface area (Å²) >= 11 is 0. The van der Waals surface area contributed by atoms with Gasteiger partial charge in [0, 0.05) is 69.1 Å². The predicted molar refractivity (Wildman–Crippen MR) is 368 cm³/mol. The number of carbonyl (C=O) groups is 6. The largest absolute Gasteiger partial charge is 0.514 e. The lowest BCUT2D eigenvalue weighted by molar-refractivity contribution is -0.265. The first-order valence-electron chi connectivity index (χ1n) is 33.0. The number of esters is 1. The second-order valence-corrected chi connectivity index (χ2v) is 38.7. The van der Waals surface area contributed by atoms with Crippen molar-refractivity contribution in [2.45, 2.75) is 180 Å². The summed E-state index contributed by atoms with van der Waals surface area (Å²) in [5, 5.41) is 33.1. The van der Waals surface area contributed by atoms with Crippen LogP contribution in [0.3, 0.4) is 0 Å². The summed E-state index contributed by atoms with van der Waals surface area (Å²) in [5.41, 5.74) is 1.16. The number of piperidine rings is 1. The first-order chi connectivity index (χ1) is 45.2. The Labute approximate surface area is 570 Å². The van der Waals surface area contributed by atoms with Gasteiger partial charge in [-0.1, -0.05) is 71.1 Å². The van der Waals surface area contributed by atoms with Gasteiger partial charge in [0.15, 0.2) is 5.78 Å². The third kappa shape index (κ3) is 24.6. The lowest BCUT2D eigenvalue weighted by Gasteiger charge is -2.42. The fraction of sp³-hybridized carbons (Fsp3) is 0.623. The lowest BCUT2D eigenvalue weighted by atomic mass is 9.78. The van der Waals surface area contributed by atoms with Gasteiger partial charge < -0.3 is 77.2 Å². The zero-order valence-electron chi connectivity index (χ0n) is 58.1. The van der Waals surface area contributed by atoms with E-state index in [1.807, 2.05) is 51.2 Å². The highest BCUT2D eigenvalue weighted by molar-refractivity contribution is 7.83. The van der Waals surface area contributed by atoms with E-state index in [2.05, 4.69) is 0 Å². The van der Waals surface area contributed by atoms with E-state index in [4.69, 9.17) is 38.3 Å². The fourth-order valence-corrected chi connectivity index (χ4v) is 23.0. The Morgan fingerprint density at radius 1 is 0.753 bits per heavy atom. The van der Waals surface area contributed by atoms with Crippen molar-refractivity contribution >= 4 is 75.2 Å². The van der Waals surface area contributed by atoms with Gasteiger partial charge in [-0.2, -0.15) is 0 Å². The van der Waals surface area contributed by atoms with Crippen LogP contribution < -0.4 is 15.3 Å². The molecule has 6 rings (SSSR count). The summed E-state index contributed by atoms with van der Waals surface area (Å²) in [6.45, 7) is 17.3. The number of aliphatic hydroxyl groups excluding tert-OH is 1. The van der Waals surface area contributed by atoms with Gasteiger partial charge in [-0.25, -0.2) is 9.59 Å². The topological polar surface area (TPSA) is 360 Å². The number of hydrogen-bond acceptors (Lipinski definition) is 20. The molecule has 1 saturated carbocycles. The Morgan fingerprint density at radius 2 is 1.40 bits per heavy atom. The molecule has 17 atom stereocenters. The Morgan fingerprint density at radius 3 is 2.01 bits per heavy atom. The number of amides is 1. The van der Waals surface area contributed by atoms with Crippen LogP contribution in [0.4, 0.5) is 4.79 Å². The molecule has 0 radical (unpaired) electrons. The summed E-state index contributed by atoms with van der Waals surface area (Å²) in [7, 11) is -9.73. The third-order valence-corrected chi connectivity index (χ3v) is 28.9. The van der Waals surface area contributed by atoms with E-state index in [-0.39, 0.29) is 71.9 Å². The molecule has 97 heavy (non-hydrogen) atoms. The van der Waals surface area contributed by atoms with Crippen LogP contribution >= 0.6 is 29.2 Å². The molecule has 1 amide bonds. The molecular weight excluding hydrogens is 1330 g/mol. The Hall–Kier alpha value is -5.02. The van der Waals surface area contributed by atoms with Crippen LogP contribution in [0.15, 0.2) is 96.1 Å². The van der Waals surface area contributed by atoms with Crippen LogP contribution in [0.25, 0.3) is 0 Å². The maximum atomic E-state index is 14.6. The highest BCUT2D eigenvalue weighted by Gasteiger charge is 2.53. The minimum Gasteiger partial charge on any atom is -0.508 e. The fourth-order valence-electron chi connectivity index (χ4n) is 13.1. The van der Waals surface area contributed by atoms with E-state index in [1.54, 1.807) is 73.0 Å². The number of ether oxygens (including phenoxy) is 7. The smallest absolute Gasteiger partial charge is 0.508 e.